The van der Waals surface area contributed by atoms with Gasteiger partial charge in [0.25, 0.3) is 0 Å². The van der Waals surface area contributed by atoms with Crippen molar-refractivity contribution in [3.8, 4) is 5.75 Å². The van der Waals surface area contributed by atoms with Crippen molar-refractivity contribution in [3.63, 3.8) is 0 Å². The molecule has 1 rings (SSSR count). The lowest BCUT2D eigenvalue weighted by Crippen LogP contribution is -1.78. The van der Waals surface area contributed by atoms with Gasteiger partial charge in [0.1, 0.15) is 5.75 Å². The summed E-state index contributed by atoms with van der Waals surface area (Å²) >= 11 is 0. The fourth-order valence-electron chi connectivity index (χ4n) is 0.557. The van der Waals surface area contributed by atoms with Crippen molar-refractivity contribution in [1.29, 1.82) is 0 Å². The molecule has 0 bridgehead atoms. The molecule has 0 N–H and O–H groups in total. The van der Waals surface area contributed by atoms with Gasteiger partial charge >= 0.3 is 0 Å². The molecule has 1 aromatic carbocycles. The Balaban J connectivity index is 0. The molecule has 0 radical (unpaired) electrons. The maximum absolute atomic E-state index is 4.91. The van der Waals surface area contributed by atoms with Gasteiger partial charge in [0.2, 0.25) is 0 Å². The van der Waals surface area contributed by atoms with Crippen LogP contribution in [0.25, 0.3) is 0 Å². The average Bonchev–Trinajstić information content (AvgIpc) is 2.10. The van der Waals surface area contributed by atoms with Crippen molar-refractivity contribution in [1.82, 2.24) is 0 Å². The van der Waals surface area contributed by atoms with Crippen molar-refractivity contribution in [2.45, 2.75) is 21.3 Å². The van der Waals surface area contributed by atoms with E-state index < -0.39 is 0 Å². The number of rotatable bonds is 1. The van der Waals surface area contributed by atoms with E-state index in [-0.39, 0.29) is 7.43 Å². The van der Waals surface area contributed by atoms with E-state index in [1.807, 2.05) is 44.2 Å². The molecule has 0 aliphatic rings. The molecule has 1 aromatic rings. The van der Waals surface area contributed by atoms with E-state index in [1.54, 1.807) is 7.11 Å². The maximum atomic E-state index is 4.91. The first-order valence-corrected chi connectivity index (χ1v) is 3.52. The van der Waals surface area contributed by atoms with Crippen LogP contribution in [-0.2, 0) is 0 Å². The van der Waals surface area contributed by atoms with Crippen LogP contribution in [0.2, 0.25) is 0 Å². The number of benzene rings is 1. The smallest absolute Gasteiger partial charge is 0.118 e. The lowest BCUT2D eigenvalue weighted by molar-refractivity contribution is 0.415. The third-order valence-electron chi connectivity index (χ3n) is 0.979. The highest BCUT2D eigenvalue weighted by Gasteiger charge is 1.80. The molecule has 1 heteroatoms. The van der Waals surface area contributed by atoms with Crippen LogP contribution in [0.1, 0.15) is 21.3 Å². The summed E-state index contributed by atoms with van der Waals surface area (Å²) in [6, 6.07) is 9.68. The summed E-state index contributed by atoms with van der Waals surface area (Å²) in [5.41, 5.74) is 0. The molecule has 0 aromatic heterocycles. The summed E-state index contributed by atoms with van der Waals surface area (Å²) in [6.07, 6.45) is 0. The normalized spacial score (nSPS) is 6.82. The van der Waals surface area contributed by atoms with Crippen LogP contribution in [0.15, 0.2) is 30.3 Å². The second-order valence-corrected chi connectivity index (χ2v) is 1.52. The van der Waals surface area contributed by atoms with Crippen LogP contribution in [0.5, 0.6) is 5.75 Å². The van der Waals surface area contributed by atoms with E-state index in [0.29, 0.717) is 0 Å². The molecule has 0 aliphatic carbocycles. The Morgan fingerprint density at radius 2 is 1.45 bits per heavy atom. The standard InChI is InChI=1S/C7H8O.C2H6.CH4/c1-8-7-5-3-2-4-6-7;1-2;/h2-6H,1H3;1-2H3;1H4. The van der Waals surface area contributed by atoms with Crippen molar-refractivity contribution in [2.75, 3.05) is 7.11 Å². The van der Waals surface area contributed by atoms with Gasteiger partial charge in [0.15, 0.2) is 0 Å². The van der Waals surface area contributed by atoms with Crippen LogP contribution in [0.3, 0.4) is 0 Å². The first-order chi connectivity index (χ1) is 4.93. The number of hydrogen-bond donors (Lipinski definition) is 0. The summed E-state index contributed by atoms with van der Waals surface area (Å²) in [4.78, 5) is 0. The molecule has 1 nitrogen and oxygen atoms in total. The second-order valence-electron chi connectivity index (χ2n) is 1.52. The van der Waals surface area contributed by atoms with Crippen LogP contribution in [0.4, 0.5) is 0 Å². The molecule has 64 valence electrons. The summed E-state index contributed by atoms with van der Waals surface area (Å²) in [5.74, 6) is 0.910. The van der Waals surface area contributed by atoms with Gasteiger partial charge in [-0.3, -0.25) is 0 Å². The Labute approximate surface area is 70.0 Å². The van der Waals surface area contributed by atoms with Gasteiger partial charge in [0.05, 0.1) is 7.11 Å². The molecule has 0 unspecified atom stereocenters. The van der Waals surface area contributed by atoms with Crippen molar-refractivity contribution >= 4 is 0 Å². The predicted octanol–water partition coefficient (Wildman–Crippen LogP) is 3.36. The summed E-state index contributed by atoms with van der Waals surface area (Å²) < 4.78 is 4.91. The summed E-state index contributed by atoms with van der Waals surface area (Å²) in [5, 5.41) is 0. The van der Waals surface area contributed by atoms with Crippen LogP contribution < -0.4 is 4.74 Å². The van der Waals surface area contributed by atoms with E-state index in [0.717, 1.165) is 5.75 Å². The molecule has 11 heavy (non-hydrogen) atoms. The lowest BCUT2D eigenvalue weighted by atomic mass is 10.3. The molecule has 0 aliphatic heterocycles. The molecule has 0 heterocycles. The summed E-state index contributed by atoms with van der Waals surface area (Å²) in [6.45, 7) is 4.00. The molecule has 0 amide bonds. The van der Waals surface area contributed by atoms with Crippen LogP contribution in [0, 0.1) is 0 Å². The van der Waals surface area contributed by atoms with E-state index in [9.17, 15) is 0 Å². The SMILES string of the molecule is C.CC.COc1ccccc1. The van der Waals surface area contributed by atoms with Gasteiger partial charge in [-0.2, -0.15) is 0 Å². The monoisotopic (exact) mass is 154 g/mol. The molecule has 0 saturated carbocycles. The average molecular weight is 154 g/mol. The number of ether oxygens (including phenoxy) is 1. The third kappa shape index (κ3) is 5.46. The van der Waals surface area contributed by atoms with Gasteiger partial charge in [-0.05, 0) is 12.1 Å². The fraction of sp³-hybridized carbons (Fsp3) is 0.400. The van der Waals surface area contributed by atoms with Crippen molar-refractivity contribution < 1.29 is 4.74 Å². The highest BCUT2D eigenvalue weighted by molar-refractivity contribution is 5.20. The van der Waals surface area contributed by atoms with E-state index >= 15 is 0 Å². The highest BCUT2D eigenvalue weighted by atomic mass is 16.5. The number of methoxy groups -OCH3 is 1. The first-order valence-electron chi connectivity index (χ1n) is 3.52. The predicted molar refractivity (Wildman–Crippen MR) is 51.1 cm³/mol. The van der Waals surface area contributed by atoms with E-state index in [1.165, 1.54) is 0 Å². The zero-order valence-corrected chi connectivity index (χ0v) is 6.79. The molecular weight excluding hydrogens is 136 g/mol. The van der Waals surface area contributed by atoms with E-state index in [4.69, 9.17) is 4.74 Å². The number of para-hydroxylation sites is 1. The lowest BCUT2D eigenvalue weighted by Gasteiger charge is -1.93. The minimum atomic E-state index is 0. The van der Waals surface area contributed by atoms with Crippen LogP contribution in [-0.4, -0.2) is 7.11 Å². The van der Waals surface area contributed by atoms with Crippen molar-refractivity contribution in [2.24, 2.45) is 0 Å². The largest absolute Gasteiger partial charge is 0.497 e. The minimum Gasteiger partial charge on any atom is -0.497 e. The highest BCUT2D eigenvalue weighted by Crippen LogP contribution is 2.05. The zero-order chi connectivity index (χ0) is 7.82. The topological polar surface area (TPSA) is 9.23 Å². The molecule has 0 spiro atoms. The van der Waals surface area contributed by atoms with Gasteiger partial charge < -0.3 is 4.74 Å². The third-order valence-corrected chi connectivity index (χ3v) is 0.979. The van der Waals surface area contributed by atoms with Gasteiger partial charge in [-0.25, -0.2) is 0 Å². The summed E-state index contributed by atoms with van der Waals surface area (Å²) in [7, 11) is 1.66. The number of hydrogen-bond acceptors (Lipinski definition) is 1. The Morgan fingerprint density at radius 3 is 1.73 bits per heavy atom. The van der Waals surface area contributed by atoms with E-state index in [2.05, 4.69) is 0 Å². The quantitative estimate of drug-likeness (QED) is 0.602. The zero-order valence-electron chi connectivity index (χ0n) is 6.79. The van der Waals surface area contributed by atoms with Gasteiger partial charge in [0, 0.05) is 0 Å². The molecule has 0 saturated heterocycles. The maximum Gasteiger partial charge on any atom is 0.118 e. The molecular formula is C10H18O. The fourth-order valence-corrected chi connectivity index (χ4v) is 0.557. The van der Waals surface area contributed by atoms with Crippen molar-refractivity contribution in [3.05, 3.63) is 30.3 Å². The van der Waals surface area contributed by atoms with Crippen LogP contribution >= 0.6 is 0 Å². The first kappa shape index (κ1) is 12.7. The Hall–Kier alpha value is -0.980. The van der Waals surface area contributed by atoms with Gasteiger partial charge in [-0.15, -0.1) is 0 Å². The molecule has 0 fully saturated rings. The molecule has 0 atom stereocenters. The second kappa shape index (κ2) is 9.02. The Kier molecular flexibility index (Phi) is 10.4. The Bertz CT molecular complexity index is 146. The Morgan fingerprint density at radius 1 is 1.00 bits per heavy atom. The van der Waals surface area contributed by atoms with Gasteiger partial charge in [-0.1, -0.05) is 39.5 Å². The minimum absolute atomic E-state index is 0.